The first kappa shape index (κ1) is 21.8. The Morgan fingerprint density at radius 3 is 2.69 bits per heavy atom. The fraction of sp³-hybridized carbons (Fsp3) is 0.292. The zero-order valence-electron chi connectivity index (χ0n) is 18.7. The summed E-state index contributed by atoms with van der Waals surface area (Å²) in [7, 11) is 1.57. The normalized spacial score (nSPS) is 16.0. The van der Waals surface area contributed by atoms with Gasteiger partial charge in [0.05, 0.1) is 29.5 Å². The Labute approximate surface area is 189 Å². The van der Waals surface area contributed by atoms with E-state index in [0.29, 0.717) is 31.9 Å². The van der Waals surface area contributed by atoms with Crippen molar-refractivity contribution in [3.63, 3.8) is 0 Å². The number of ether oxygens (including phenoxy) is 2. The molecule has 7 nitrogen and oxygen atoms in total. The summed E-state index contributed by atoms with van der Waals surface area (Å²) in [5, 5.41) is 0. The van der Waals surface area contributed by atoms with Crippen molar-refractivity contribution in [2.24, 2.45) is 4.99 Å². The third-order valence-electron chi connectivity index (χ3n) is 5.43. The molecule has 8 heteroatoms. The highest BCUT2D eigenvalue weighted by atomic mass is 32.1. The molecule has 1 aromatic carbocycles. The molecule has 166 valence electrons. The average molecular weight is 452 g/mol. The Morgan fingerprint density at radius 1 is 1.28 bits per heavy atom. The first-order valence-corrected chi connectivity index (χ1v) is 11.2. The highest BCUT2D eigenvalue weighted by Gasteiger charge is 2.34. The summed E-state index contributed by atoms with van der Waals surface area (Å²) < 4.78 is 13.0. The van der Waals surface area contributed by atoms with Crippen LogP contribution in [-0.2, 0) is 9.53 Å². The molecule has 2 aromatic heterocycles. The van der Waals surface area contributed by atoms with E-state index in [4.69, 9.17) is 9.47 Å². The van der Waals surface area contributed by atoms with E-state index in [2.05, 4.69) is 9.98 Å². The van der Waals surface area contributed by atoms with Gasteiger partial charge in [-0.3, -0.25) is 9.36 Å². The van der Waals surface area contributed by atoms with E-state index in [1.54, 1.807) is 25.5 Å². The molecule has 1 N–H and O–H groups in total. The molecule has 3 aromatic rings. The Hall–Kier alpha value is -3.39. The fourth-order valence-electron chi connectivity index (χ4n) is 4.01. The van der Waals surface area contributed by atoms with Crippen molar-refractivity contribution >= 4 is 23.4 Å². The summed E-state index contributed by atoms with van der Waals surface area (Å²) in [4.78, 5) is 35.0. The molecule has 1 atom stereocenters. The number of thiazole rings is 1. The predicted octanol–water partition coefficient (Wildman–Crippen LogP) is 2.75. The number of aryl methyl sites for hydroxylation is 2. The Bertz CT molecular complexity index is 1410. The number of allylic oxidation sites excluding steroid dienone is 1. The van der Waals surface area contributed by atoms with Gasteiger partial charge in [0.15, 0.2) is 4.80 Å². The topological polar surface area (TPSA) is 85.7 Å². The van der Waals surface area contributed by atoms with Crippen LogP contribution in [0.15, 0.2) is 51.4 Å². The first-order valence-electron chi connectivity index (χ1n) is 10.3. The number of aromatic amines is 1. The minimum absolute atomic E-state index is 0.211. The maximum Gasteiger partial charge on any atom is 0.338 e. The molecule has 1 unspecified atom stereocenters. The molecular weight excluding hydrogens is 426 g/mol. The summed E-state index contributed by atoms with van der Waals surface area (Å²) in [6.07, 6.45) is 1.87. The monoisotopic (exact) mass is 451 g/mol. The van der Waals surface area contributed by atoms with Crippen LogP contribution in [0.1, 0.15) is 42.4 Å². The van der Waals surface area contributed by atoms with E-state index in [1.807, 2.05) is 50.3 Å². The first-order chi connectivity index (χ1) is 15.3. The lowest BCUT2D eigenvalue weighted by Gasteiger charge is -2.25. The maximum absolute atomic E-state index is 13.6. The lowest BCUT2D eigenvalue weighted by molar-refractivity contribution is -0.139. The zero-order valence-corrected chi connectivity index (χ0v) is 19.5. The number of carbonyl (C=O) groups is 1. The van der Waals surface area contributed by atoms with Crippen molar-refractivity contribution in [3.05, 3.63) is 83.8 Å². The van der Waals surface area contributed by atoms with Crippen LogP contribution in [0.2, 0.25) is 0 Å². The minimum atomic E-state index is -0.697. The largest absolute Gasteiger partial charge is 0.496 e. The Kier molecular flexibility index (Phi) is 5.88. The van der Waals surface area contributed by atoms with E-state index in [9.17, 15) is 9.59 Å². The number of aromatic nitrogens is 2. The van der Waals surface area contributed by atoms with Crippen LogP contribution >= 0.6 is 11.3 Å². The van der Waals surface area contributed by atoms with Gasteiger partial charge in [0.25, 0.3) is 5.56 Å². The molecule has 1 aliphatic rings. The number of benzene rings is 1. The third-order valence-corrected chi connectivity index (χ3v) is 6.41. The fourth-order valence-corrected chi connectivity index (χ4v) is 5.05. The number of nitrogens with zero attached hydrogens (tertiary/aromatic N) is 2. The number of nitrogens with one attached hydrogen (secondary N) is 1. The van der Waals surface area contributed by atoms with Gasteiger partial charge in [-0.15, -0.1) is 0 Å². The minimum Gasteiger partial charge on any atom is -0.496 e. The number of carbonyl (C=O) groups excluding carboxylic acids is 1. The van der Waals surface area contributed by atoms with E-state index in [0.717, 1.165) is 17.0 Å². The molecule has 0 spiro atoms. The van der Waals surface area contributed by atoms with E-state index in [1.165, 1.54) is 11.3 Å². The Balaban J connectivity index is 2.01. The lowest BCUT2D eigenvalue weighted by Crippen LogP contribution is -2.40. The van der Waals surface area contributed by atoms with Gasteiger partial charge in [-0.1, -0.05) is 29.5 Å². The van der Waals surface area contributed by atoms with Gasteiger partial charge in [-0.2, -0.15) is 0 Å². The predicted molar refractivity (Wildman–Crippen MR) is 124 cm³/mol. The van der Waals surface area contributed by atoms with E-state index < -0.39 is 12.0 Å². The number of para-hydroxylation sites is 1. The van der Waals surface area contributed by atoms with Crippen molar-refractivity contribution in [1.82, 2.24) is 9.55 Å². The molecule has 0 saturated heterocycles. The third kappa shape index (κ3) is 3.71. The molecule has 32 heavy (non-hydrogen) atoms. The van der Waals surface area contributed by atoms with Crippen molar-refractivity contribution in [2.75, 3.05) is 13.7 Å². The van der Waals surface area contributed by atoms with Gasteiger partial charge in [-0.05, 0) is 51.5 Å². The second-order valence-electron chi connectivity index (χ2n) is 7.58. The van der Waals surface area contributed by atoms with Crippen molar-refractivity contribution < 1.29 is 14.3 Å². The van der Waals surface area contributed by atoms with Crippen LogP contribution in [0.3, 0.4) is 0 Å². The molecule has 0 aliphatic carbocycles. The summed E-state index contributed by atoms with van der Waals surface area (Å²) in [5.41, 5.74) is 4.31. The number of fused-ring (bicyclic) bond motifs is 1. The summed E-state index contributed by atoms with van der Waals surface area (Å²) in [6.45, 7) is 7.69. The second kappa shape index (κ2) is 8.63. The van der Waals surface area contributed by atoms with E-state index >= 15 is 0 Å². The van der Waals surface area contributed by atoms with Crippen molar-refractivity contribution in [2.45, 2.75) is 33.7 Å². The molecule has 0 fully saturated rings. The number of rotatable bonds is 5. The zero-order chi connectivity index (χ0) is 23.0. The summed E-state index contributed by atoms with van der Waals surface area (Å²) in [6, 6.07) is 8.69. The quantitative estimate of drug-likeness (QED) is 0.605. The number of hydrogen-bond donors (Lipinski definition) is 1. The molecule has 0 bridgehead atoms. The lowest BCUT2D eigenvalue weighted by atomic mass is 9.95. The molecule has 3 heterocycles. The van der Waals surface area contributed by atoms with Gasteiger partial charge in [0, 0.05) is 17.0 Å². The highest BCUT2D eigenvalue weighted by Crippen LogP contribution is 2.35. The molecule has 0 amide bonds. The maximum atomic E-state index is 13.6. The molecule has 0 radical (unpaired) electrons. The molecule has 4 rings (SSSR count). The van der Waals surface area contributed by atoms with Gasteiger partial charge < -0.3 is 14.5 Å². The van der Waals surface area contributed by atoms with Crippen LogP contribution in [0, 0.1) is 13.8 Å². The summed E-state index contributed by atoms with van der Waals surface area (Å²) in [5.74, 6) is 0.0942. The van der Waals surface area contributed by atoms with Crippen LogP contribution in [0.5, 0.6) is 5.75 Å². The summed E-state index contributed by atoms with van der Waals surface area (Å²) >= 11 is 1.30. The van der Waals surface area contributed by atoms with E-state index in [-0.39, 0.29) is 12.2 Å². The van der Waals surface area contributed by atoms with Gasteiger partial charge in [0.2, 0.25) is 0 Å². The van der Waals surface area contributed by atoms with Crippen molar-refractivity contribution in [3.8, 4) is 5.75 Å². The average Bonchev–Trinajstić information content (AvgIpc) is 3.24. The number of methoxy groups -OCH3 is 1. The molecule has 0 saturated carbocycles. The SMILES string of the molecule is CCOC(=O)C1=C(C)N=c2s/c(=C\c3cc(C)[nH]c3C)c(=O)n2C1c1ccccc1OC. The number of esters is 1. The second-order valence-corrected chi connectivity index (χ2v) is 8.59. The number of hydrogen-bond acceptors (Lipinski definition) is 6. The Morgan fingerprint density at radius 2 is 2.03 bits per heavy atom. The highest BCUT2D eigenvalue weighted by molar-refractivity contribution is 7.07. The molecule has 1 aliphatic heterocycles. The van der Waals surface area contributed by atoms with Crippen LogP contribution in [0.25, 0.3) is 6.08 Å². The van der Waals surface area contributed by atoms with Crippen LogP contribution in [0.4, 0.5) is 0 Å². The van der Waals surface area contributed by atoms with Gasteiger partial charge >= 0.3 is 5.97 Å². The van der Waals surface area contributed by atoms with Crippen LogP contribution < -0.4 is 19.6 Å². The van der Waals surface area contributed by atoms with Crippen LogP contribution in [-0.4, -0.2) is 29.2 Å². The smallest absolute Gasteiger partial charge is 0.338 e. The standard InChI is InChI=1S/C24H25N3O4S/c1-6-31-23(29)20-15(4)26-24-27(21(20)17-9-7-8-10-18(17)30-5)22(28)19(32-24)12-16-11-13(2)25-14(16)3/h7-12,21,25H,6H2,1-5H3/b19-12-. The van der Waals surface area contributed by atoms with Gasteiger partial charge in [-0.25, -0.2) is 9.79 Å². The van der Waals surface area contributed by atoms with Gasteiger partial charge in [0.1, 0.15) is 11.8 Å². The van der Waals surface area contributed by atoms with Crippen molar-refractivity contribution in [1.29, 1.82) is 0 Å². The molecular formula is C24H25N3O4S. The number of H-pyrrole nitrogens is 1.